The van der Waals surface area contributed by atoms with Gasteiger partial charge in [0.15, 0.2) is 0 Å². The van der Waals surface area contributed by atoms with Crippen molar-refractivity contribution in [3.05, 3.63) is 35.9 Å². The molecule has 1 rings (SSSR count). The SMILES string of the molecule is N[C@H](CC(O)COCc1ccccc1)C(=O)O. The fourth-order valence-electron chi connectivity index (χ4n) is 1.35. The van der Waals surface area contributed by atoms with Crippen molar-refractivity contribution in [1.82, 2.24) is 0 Å². The molecule has 0 fully saturated rings. The number of hydrogen-bond donors (Lipinski definition) is 3. The molecule has 5 heteroatoms. The number of rotatable bonds is 7. The average Bonchev–Trinajstić information content (AvgIpc) is 2.30. The van der Waals surface area contributed by atoms with Gasteiger partial charge in [0.2, 0.25) is 0 Å². The van der Waals surface area contributed by atoms with Crippen LogP contribution in [0.5, 0.6) is 0 Å². The number of hydrogen-bond acceptors (Lipinski definition) is 4. The highest BCUT2D eigenvalue weighted by Crippen LogP contribution is 2.03. The summed E-state index contributed by atoms with van der Waals surface area (Å²) in [6, 6.07) is 8.48. The first-order valence-corrected chi connectivity index (χ1v) is 5.37. The zero-order chi connectivity index (χ0) is 12.7. The van der Waals surface area contributed by atoms with Gasteiger partial charge in [0.1, 0.15) is 6.04 Å². The Balaban J connectivity index is 2.20. The van der Waals surface area contributed by atoms with Gasteiger partial charge in [-0.15, -0.1) is 0 Å². The zero-order valence-electron chi connectivity index (χ0n) is 9.45. The van der Waals surface area contributed by atoms with Gasteiger partial charge in [0.25, 0.3) is 0 Å². The van der Waals surface area contributed by atoms with Crippen LogP contribution in [0.4, 0.5) is 0 Å². The molecule has 0 saturated carbocycles. The Bertz CT molecular complexity index is 342. The molecule has 1 aromatic carbocycles. The summed E-state index contributed by atoms with van der Waals surface area (Å²) in [4.78, 5) is 10.5. The first-order valence-electron chi connectivity index (χ1n) is 5.37. The van der Waals surface area contributed by atoms with E-state index in [1.807, 2.05) is 30.3 Å². The lowest BCUT2D eigenvalue weighted by atomic mass is 10.1. The molecule has 0 radical (unpaired) electrons. The summed E-state index contributed by atoms with van der Waals surface area (Å²) in [5.41, 5.74) is 6.29. The van der Waals surface area contributed by atoms with Crippen LogP contribution in [0.15, 0.2) is 30.3 Å². The normalized spacial score (nSPS) is 14.2. The van der Waals surface area contributed by atoms with Crippen molar-refractivity contribution in [2.24, 2.45) is 5.73 Å². The maximum atomic E-state index is 10.5. The molecule has 17 heavy (non-hydrogen) atoms. The smallest absolute Gasteiger partial charge is 0.320 e. The Morgan fingerprint density at radius 1 is 1.35 bits per heavy atom. The van der Waals surface area contributed by atoms with E-state index in [0.717, 1.165) is 5.56 Å². The van der Waals surface area contributed by atoms with Gasteiger partial charge in [-0.3, -0.25) is 4.79 Å². The lowest BCUT2D eigenvalue weighted by molar-refractivity contribution is -0.139. The number of carboxylic acids is 1. The summed E-state index contributed by atoms with van der Waals surface area (Å²) in [6.07, 6.45) is -0.866. The van der Waals surface area contributed by atoms with Gasteiger partial charge < -0.3 is 20.7 Å². The fraction of sp³-hybridized carbons (Fsp3) is 0.417. The van der Waals surface area contributed by atoms with Crippen LogP contribution in [-0.4, -0.2) is 34.9 Å². The molecule has 0 bridgehead atoms. The molecular weight excluding hydrogens is 222 g/mol. The van der Waals surface area contributed by atoms with Gasteiger partial charge in [-0.05, 0) is 5.56 Å². The molecule has 1 aromatic rings. The summed E-state index contributed by atoms with van der Waals surface area (Å²) >= 11 is 0. The number of carboxylic acid groups (broad SMARTS) is 1. The molecular formula is C12H17NO4. The van der Waals surface area contributed by atoms with Crippen molar-refractivity contribution in [1.29, 1.82) is 0 Å². The Morgan fingerprint density at radius 3 is 2.59 bits per heavy atom. The molecule has 5 nitrogen and oxygen atoms in total. The minimum atomic E-state index is -1.12. The van der Waals surface area contributed by atoms with Crippen LogP contribution in [-0.2, 0) is 16.1 Å². The molecule has 4 N–H and O–H groups in total. The topological polar surface area (TPSA) is 92.8 Å². The molecule has 0 spiro atoms. The molecule has 0 aromatic heterocycles. The third-order valence-corrected chi connectivity index (χ3v) is 2.26. The predicted octanol–water partition coefficient (Wildman–Crippen LogP) is 0.366. The molecule has 1 unspecified atom stereocenters. The summed E-state index contributed by atoms with van der Waals surface area (Å²) < 4.78 is 5.26. The van der Waals surface area contributed by atoms with E-state index in [0.29, 0.717) is 6.61 Å². The lowest BCUT2D eigenvalue weighted by Gasteiger charge is -2.13. The second kappa shape index (κ2) is 7.01. The molecule has 0 aliphatic carbocycles. The first kappa shape index (κ1) is 13.6. The average molecular weight is 239 g/mol. The van der Waals surface area contributed by atoms with Crippen LogP contribution in [0.2, 0.25) is 0 Å². The molecule has 0 aliphatic heterocycles. The third-order valence-electron chi connectivity index (χ3n) is 2.26. The summed E-state index contributed by atoms with van der Waals surface area (Å²) in [5.74, 6) is -1.12. The summed E-state index contributed by atoms with van der Waals surface area (Å²) in [7, 11) is 0. The predicted molar refractivity (Wildman–Crippen MR) is 62.3 cm³/mol. The van der Waals surface area contributed by atoms with Crippen LogP contribution in [0.25, 0.3) is 0 Å². The van der Waals surface area contributed by atoms with E-state index in [9.17, 15) is 9.90 Å². The first-order chi connectivity index (χ1) is 8.09. The van der Waals surface area contributed by atoms with Crippen molar-refractivity contribution in [2.75, 3.05) is 6.61 Å². The standard InChI is InChI=1S/C12H17NO4/c13-11(12(15)16)6-10(14)8-17-7-9-4-2-1-3-5-9/h1-5,10-11,14H,6-8,13H2,(H,15,16)/t10?,11-/m1/s1. The van der Waals surface area contributed by atoms with Crippen LogP contribution in [0.1, 0.15) is 12.0 Å². The van der Waals surface area contributed by atoms with Gasteiger partial charge in [0, 0.05) is 6.42 Å². The Labute approximate surface area is 99.8 Å². The molecule has 0 heterocycles. The molecule has 94 valence electrons. The number of aliphatic carboxylic acids is 1. The van der Waals surface area contributed by atoms with E-state index in [1.54, 1.807) is 0 Å². The number of ether oxygens (including phenoxy) is 1. The number of nitrogens with two attached hydrogens (primary N) is 1. The van der Waals surface area contributed by atoms with Gasteiger partial charge in [-0.1, -0.05) is 30.3 Å². The number of aliphatic hydroxyl groups excluding tert-OH is 1. The van der Waals surface area contributed by atoms with Gasteiger partial charge >= 0.3 is 5.97 Å². The highest BCUT2D eigenvalue weighted by Gasteiger charge is 2.16. The van der Waals surface area contributed by atoms with E-state index in [2.05, 4.69) is 0 Å². The quantitative estimate of drug-likeness (QED) is 0.639. The minimum absolute atomic E-state index is 0.00980. The monoisotopic (exact) mass is 239 g/mol. The van der Waals surface area contributed by atoms with E-state index in [4.69, 9.17) is 15.6 Å². The molecule has 0 saturated heterocycles. The van der Waals surface area contributed by atoms with Crippen LogP contribution in [0, 0.1) is 0 Å². The second-order valence-corrected chi connectivity index (χ2v) is 3.83. The number of carbonyl (C=O) groups is 1. The maximum absolute atomic E-state index is 10.5. The van der Waals surface area contributed by atoms with Gasteiger partial charge in [0.05, 0.1) is 19.3 Å². The zero-order valence-corrected chi connectivity index (χ0v) is 9.45. The van der Waals surface area contributed by atoms with Crippen molar-refractivity contribution in [3.8, 4) is 0 Å². The van der Waals surface area contributed by atoms with Crippen LogP contribution in [0.3, 0.4) is 0 Å². The lowest BCUT2D eigenvalue weighted by Crippen LogP contribution is -2.35. The van der Waals surface area contributed by atoms with Crippen molar-refractivity contribution < 1.29 is 19.7 Å². The molecule has 0 amide bonds. The van der Waals surface area contributed by atoms with Crippen molar-refractivity contribution in [2.45, 2.75) is 25.2 Å². The van der Waals surface area contributed by atoms with Crippen LogP contribution >= 0.6 is 0 Å². The van der Waals surface area contributed by atoms with Crippen LogP contribution < -0.4 is 5.73 Å². The van der Waals surface area contributed by atoms with Gasteiger partial charge in [-0.2, -0.15) is 0 Å². The second-order valence-electron chi connectivity index (χ2n) is 3.83. The fourth-order valence-corrected chi connectivity index (χ4v) is 1.35. The largest absolute Gasteiger partial charge is 0.480 e. The van der Waals surface area contributed by atoms with E-state index >= 15 is 0 Å². The Hall–Kier alpha value is -1.43. The Kier molecular flexibility index (Phi) is 5.62. The molecule has 0 aliphatic rings. The summed E-state index contributed by atoms with van der Waals surface area (Å²) in [6.45, 7) is 0.468. The number of benzene rings is 1. The highest BCUT2D eigenvalue weighted by atomic mass is 16.5. The minimum Gasteiger partial charge on any atom is -0.480 e. The number of aliphatic hydroxyl groups is 1. The molecule has 2 atom stereocenters. The van der Waals surface area contributed by atoms with Crippen molar-refractivity contribution in [3.63, 3.8) is 0 Å². The van der Waals surface area contributed by atoms with E-state index in [-0.39, 0.29) is 13.0 Å². The highest BCUT2D eigenvalue weighted by molar-refractivity contribution is 5.73. The van der Waals surface area contributed by atoms with Crippen molar-refractivity contribution >= 4 is 5.97 Å². The summed E-state index contributed by atoms with van der Waals surface area (Å²) in [5, 5.41) is 18.0. The van der Waals surface area contributed by atoms with E-state index < -0.39 is 18.1 Å². The maximum Gasteiger partial charge on any atom is 0.320 e. The van der Waals surface area contributed by atoms with Gasteiger partial charge in [-0.25, -0.2) is 0 Å². The Morgan fingerprint density at radius 2 is 2.00 bits per heavy atom. The van der Waals surface area contributed by atoms with E-state index in [1.165, 1.54) is 0 Å². The third kappa shape index (κ3) is 5.44.